The number of carbonyl (C=O) groups excluding carboxylic acids is 1. The molecule has 0 saturated heterocycles. The average Bonchev–Trinajstić information content (AvgIpc) is 2.85. The molecule has 0 bridgehead atoms. The second-order valence-corrected chi connectivity index (χ2v) is 4.84. The van der Waals surface area contributed by atoms with Gasteiger partial charge in [-0.15, -0.1) is 0 Å². The maximum Gasteiger partial charge on any atom is 0.303 e. The number of rotatable bonds is 7. The Bertz CT molecular complexity index is 520. The Hall–Kier alpha value is -1.95. The highest BCUT2D eigenvalue weighted by Crippen LogP contribution is 2.40. The van der Waals surface area contributed by atoms with Crippen molar-refractivity contribution in [1.82, 2.24) is 5.32 Å². The highest BCUT2D eigenvalue weighted by Gasteiger charge is 2.20. The van der Waals surface area contributed by atoms with Gasteiger partial charge in [0.25, 0.3) is 0 Å². The van der Waals surface area contributed by atoms with Gasteiger partial charge in [-0.05, 0) is 30.5 Å². The molecule has 0 saturated carbocycles. The number of ether oxygens (including phenoxy) is 2. The molecule has 1 aromatic rings. The van der Waals surface area contributed by atoms with E-state index >= 15 is 0 Å². The monoisotopic (exact) mass is 299 g/mol. The van der Waals surface area contributed by atoms with Gasteiger partial charge in [0.05, 0.1) is 5.02 Å². The fraction of sp³-hybridized carbons (Fsp3) is 0.385. The molecule has 1 aliphatic rings. The molecule has 1 aliphatic heterocycles. The number of hydrogen-bond donors (Lipinski definition) is 2. The summed E-state index contributed by atoms with van der Waals surface area (Å²) in [5.74, 6) is 0.183. The van der Waals surface area contributed by atoms with E-state index < -0.39 is 5.97 Å². The van der Waals surface area contributed by atoms with Gasteiger partial charge in [-0.3, -0.25) is 9.59 Å². The van der Waals surface area contributed by atoms with Gasteiger partial charge in [-0.2, -0.15) is 0 Å². The van der Waals surface area contributed by atoms with E-state index in [0.717, 1.165) is 5.56 Å². The Balaban J connectivity index is 2.08. The minimum atomic E-state index is -0.897. The van der Waals surface area contributed by atoms with Crippen molar-refractivity contribution in [2.75, 3.05) is 6.79 Å². The predicted octanol–water partition coefficient (Wildman–Crippen LogP) is 1.59. The van der Waals surface area contributed by atoms with Gasteiger partial charge in [0.2, 0.25) is 13.2 Å². The quantitative estimate of drug-likeness (QED) is 0.747. The first-order chi connectivity index (χ1) is 9.60. The van der Waals surface area contributed by atoms with Crippen LogP contribution in [0.25, 0.3) is 0 Å². The zero-order valence-corrected chi connectivity index (χ0v) is 11.4. The van der Waals surface area contributed by atoms with Crippen molar-refractivity contribution in [3.8, 4) is 11.5 Å². The zero-order chi connectivity index (χ0) is 14.5. The first-order valence-electron chi connectivity index (χ1n) is 6.09. The molecule has 0 aliphatic carbocycles. The summed E-state index contributed by atoms with van der Waals surface area (Å²) in [6, 6.07) is 3.25. The van der Waals surface area contributed by atoms with Crippen molar-refractivity contribution in [3.63, 3.8) is 0 Å². The van der Waals surface area contributed by atoms with Crippen molar-refractivity contribution in [3.05, 3.63) is 22.7 Å². The predicted molar refractivity (Wildman–Crippen MR) is 71.1 cm³/mol. The molecule has 6 nitrogen and oxygen atoms in total. The molecule has 1 amide bonds. The molecule has 108 valence electrons. The molecule has 1 aromatic carbocycles. The Morgan fingerprint density at radius 2 is 2.30 bits per heavy atom. The van der Waals surface area contributed by atoms with Crippen molar-refractivity contribution < 1.29 is 24.2 Å². The average molecular weight is 300 g/mol. The smallest absolute Gasteiger partial charge is 0.303 e. The van der Waals surface area contributed by atoms with E-state index in [9.17, 15) is 9.59 Å². The number of carboxylic acids is 1. The van der Waals surface area contributed by atoms with Crippen LogP contribution in [0.1, 0.15) is 18.4 Å². The largest absolute Gasteiger partial charge is 0.481 e. The number of aliphatic carboxylic acids is 1. The summed E-state index contributed by atoms with van der Waals surface area (Å²) in [5, 5.41) is 11.8. The molecule has 2 N–H and O–H groups in total. The van der Waals surface area contributed by atoms with Gasteiger partial charge < -0.3 is 19.9 Å². The maximum absolute atomic E-state index is 10.6. The fourth-order valence-corrected chi connectivity index (χ4v) is 2.35. The van der Waals surface area contributed by atoms with E-state index in [2.05, 4.69) is 5.32 Å². The van der Waals surface area contributed by atoms with E-state index in [0.29, 0.717) is 35.8 Å². The number of amides is 1. The van der Waals surface area contributed by atoms with E-state index in [1.54, 1.807) is 12.1 Å². The van der Waals surface area contributed by atoms with Gasteiger partial charge in [-0.25, -0.2) is 0 Å². The highest BCUT2D eigenvalue weighted by atomic mass is 35.5. The summed E-state index contributed by atoms with van der Waals surface area (Å²) < 4.78 is 10.5. The Morgan fingerprint density at radius 1 is 1.50 bits per heavy atom. The van der Waals surface area contributed by atoms with Crippen molar-refractivity contribution in [2.24, 2.45) is 0 Å². The molecule has 1 unspecified atom stereocenters. The van der Waals surface area contributed by atoms with E-state index in [-0.39, 0.29) is 19.3 Å². The molecule has 1 atom stereocenters. The first-order valence-corrected chi connectivity index (χ1v) is 6.47. The second kappa shape index (κ2) is 6.47. The third-order valence-corrected chi connectivity index (χ3v) is 3.26. The molecular formula is C13H14ClNO5. The van der Waals surface area contributed by atoms with Gasteiger partial charge in [0, 0.05) is 12.5 Å². The van der Waals surface area contributed by atoms with E-state index in [1.165, 1.54) is 0 Å². The Kier molecular flexibility index (Phi) is 4.68. The number of benzene rings is 1. The minimum absolute atomic E-state index is 0.0101. The Labute approximate surface area is 120 Å². The zero-order valence-electron chi connectivity index (χ0n) is 10.6. The number of halogens is 1. The molecule has 0 fully saturated rings. The number of hydrogen-bond acceptors (Lipinski definition) is 4. The van der Waals surface area contributed by atoms with Gasteiger partial charge in [-0.1, -0.05) is 11.6 Å². The van der Waals surface area contributed by atoms with Crippen LogP contribution < -0.4 is 14.8 Å². The van der Waals surface area contributed by atoms with Crippen LogP contribution in [0, 0.1) is 0 Å². The van der Waals surface area contributed by atoms with Crippen LogP contribution in [0.3, 0.4) is 0 Å². The summed E-state index contributed by atoms with van der Waals surface area (Å²) in [7, 11) is 0. The van der Waals surface area contributed by atoms with Crippen LogP contribution in [-0.2, 0) is 16.0 Å². The summed E-state index contributed by atoms with van der Waals surface area (Å²) >= 11 is 6.07. The van der Waals surface area contributed by atoms with Crippen LogP contribution in [0.2, 0.25) is 5.02 Å². The Morgan fingerprint density at radius 3 is 3.00 bits per heavy atom. The SMILES string of the molecule is O=CNC(CCC(=O)O)Cc1cc(Cl)c2c(c1)OCO2. The lowest BCUT2D eigenvalue weighted by molar-refractivity contribution is -0.137. The van der Waals surface area contributed by atoms with Crippen molar-refractivity contribution in [1.29, 1.82) is 0 Å². The van der Waals surface area contributed by atoms with Crippen LogP contribution in [0.15, 0.2) is 12.1 Å². The maximum atomic E-state index is 10.6. The fourth-order valence-electron chi connectivity index (χ4n) is 2.06. The van der Waals surface area contributed by atoms with E-state index in [4.69, 9.17) is 26.2 Å². The lowest BCUT2D eigenvalue weighted by atomic mass is 10.0. The number of nitrogens with one attached hydrogen (secondary N) is 1. The molecule has 0 spiro atoms. The van der Waals surface area contributed by atoms with Crippen LogP contribution in [0.4, 0.5) is 0 Å². The summed E-state index contributed by atoms with van der Waals surface area (Å²) in [6.45, 7) is 0.132. The third kappa shape index (κ3) is 3.54. The number of carboxylic acid groups (broad SMARTS) is 1. The lowest BCUT2D eigenvalue weighted by Crippen LogP contribution is -2.30. The lowest BCUT2D eigenvalue weighted by Gasteiger charge is -2.15. The number of fused-ring (bicyclic) bond motifs is 1. The standard InChI is InChI=1S/C13H14ClNO5/c14-10-4-8(5-11-13(10)20-7-19-11)3-9(15-6-16)1-2-12(17)18/h4-6,9H,1-3,7H2,(H,15,16)(H,17,18). The van der Waals surface area contributed by atoms with Crippen LogP contribution >= 0.6 is 11.6 Å². The summed E-state index contributed by atoms with van der Waals surface area (Å²) in [5.41, 5.74) is 0.851. The molecule has 7 heteroatoms. The summed E-state index contributed by atoms with van der Waals surface area (Å²) in [4.78, 5) is 21.2. The topological polar surface area (TPSA) is 84.9 Å². The highest BCUT2D eigenvalue weighted by molar-refractivity contribution is 6.32. The molecule has 20 heavy (non-hydrogen) atoms. The van der Waals surface area contributed by atoms with Gasteiger partial charge in [0.15, 0.2) is 11.5 Å². The molecular weight excluding hydrogens is 286 g/mol. The molecule has 0 radical (unpaired) electrons. The van der Waals surface area contributed by atoms with Gasteiger partial charge in [0.1, 0.15) is 0 Å². The molecule has 2 rings (SSSR count). The summed E-state index contributed by atoms with van der Waals surface area (Å²) in [6.07, 6.45) is 1.38. The second-order valence-electron chi connectivity index (χ2n) is 4.43. The van der Waals surface area contributed by atoms with Gasteiger partial charge >= 0.3 is 5.97 Å². The van der Waals surface area contributed by atoms with Crippen LogP contribution in [0.5, 0.6) is 11.5 Å². The third-order valence-electron chi connectivity index (χ3n) is 2.98. The minimum Gasteiger partial charge on any atom is -0.481 e. The number of carbonyl (C=O) groups is 2. The van der Waals surface area contributed by atoms with E-state index in [1.807, 2.05) is 0 Å². The van der Waals surface area contributed by atoms with Crippen molar-refractivity contribution >= 4 is 24.0 Å². The molecule has 0 aromatic heterocycles. The first kappa shape index (κ1) is 14.5. The van der Waals surface area contributed by atoms with Crippen molar-refractivity contribution in [2.45, 2.75) is 25.3 Å². The molecule has 1 heterocycles. The van der Waals surface area contributed by atoms with Crippen LogP contribution in [-0.4, -0.2) is 30.3 Å². The normalized spacial score (nSPS) is 13.8.